The molecule has 1 aliphatic rings. The van der Waals surface area contributed by atoms with Crippen molar-refractivity contribution in [1.29, 1.82) is 0 Å². The molecule has 3 heterocycles. The molecule has 6 heteroatoms. The molecule has 2 aromatic heterocycles. The molecule has 1 fully saturated rings. The standard InChI is InChI=1S/C20H21ClN4O/c1-13-5-3-6-15(9-13)16-7-4-8-24(12-16)20(26)18-17(21)19-22-10-14(2)11-25(19)23-18/h3,5-6,9-11,16H,4,7-8,12H2,1-2H3. The van der Waals surface area contributed by atoms with Crippen molar-refractivity contribution < 1.29 is 4.79 Å². The first-order chi connectivity index (χ1) is 12.5. The molecular weight excluding hydrogens is 348 g/mol. The van der Waals surface area contributed by atoms with Crippen molar-refractivity contribution in [3.05, 3.63) is 64.1 Å². The van der Waals surface area contributed by atoms with Crippen LogP contribution < -0.4 is 0 Å². The normalized spacial score (nSPS) is 17.7. The van der Waals surface area contributed by atoms with Gasteiger partial charge in [-0.1, -0.05) is 41.4 Å². The van der Waals surface area contributed by atoms with Gasteiger partial charge < -0.3 is 4.90 Å². The molecular formula is C20H21ClN4O. The van der Waals surface area contributed by atoms with Crippen LogP contribution in [0.1, 0.15) is 45.9 Å². The smallest absolute Gasteiger partial charge is 0.276 e. The van der Waals surface area contributed by atoms with Gasteiger partial charge in [0.1, 0.15) is 5.02 Å². The maximum atomic E-state index is 13.1. The fraction of sp³-hybridized carbons (Fsp3) is 0.350. The molecule has 1 unspecified atom stereocenters. The van der Waals surface area contributed by atoms with E-state index in [2.05, 4.69) is 41.3 Å². The number of aromatic nitrogens is 3. The van der Waals surface area contributed by atoms with Gasteiger partial charge in [-0.3, -0.25) is 4.79 Å². The zero-order chi connectivity index (χ0) is 18.3. The average Bonchev–Trinajstić information content (AvgIpc) is 2.97. The van der Waals surface area contributed by atoms with Gasteiger partial charge in [-0.05, 0) is 37.8 Å². The number of nitrogens with zero attached hydrogens (tertiary/aromatic N) is 4. The fourth-order valence-corrected chi connectivity index (χ4v) is 3.90. The van der Waals surface area contributed by atoms with Gasteiger partial charge >= 0.3 is 0 Å². The summed E-state index contributed by atoms with van der Waals surface area (Å²) in [5.74, 6) is 0.235. The minimum absolute atomic E-state index is 0.115. The average molecular weight is 369 g/mol. The summed E-state index contributed by atoms with van der Waals surface area (Å²) in [6.45, 7) is 5.46. The number of piperidine rings is 1. The van der Waals surface area contributed by atoms with Crippen molar-refractivity contribution in [3.8, 4) is 0 Å². The monoisotopic (exact) mass is 368 g/mol. The third-order valence-electron chi connectivity index (χ3n) is 4.97. The van der Waals surface area contributed by atoms with Crippen LogP contribution in [-0.4, -0.2) is 38.5 Å². The molecule has 1 saturated heterocycles. The second kappa shape index (κ2) is 6.72. The predicted molar refractivity (Wildman–Crippen MR) is 102 cm³/mol. The molecule has 1 aliphatic heterocycles. The van der Waals surface area contributed by atoms with Gasteiger partial charge in [0, 0.05) is 31.4 Å². The van der Waals surface area contributed by atoms with E-state index in [1.54, 1.807) is 10.7 Å². The molecule has 1 aromatic carbocycles. The summed E-state index contributed by atoms with van der Waals surface area (Å²) in [6, 6.07) is 8.54. The van der Waals surface area contributed by atoms with E-state index >= 15 is 0 Å². The third-order valence-corrected chi connectivity index (χ3v) is 5.32. The summed E-state index contributed by atoms with van der Waals surface area (Å²) in [6.07, 6.45) is 5.63. The fourth-order valence-electron chi connectivity index (χ4n) is 3.64. The van der Waals surface area contributed by atoms with Crippen LogP contribution in [0, 0.1) is 13.8 Å². The zero-order valence-electron chi connectivity index (χ0n) is 14.9. The van der Waals surface area contributed by atoms with Crippen LogP contribution in [0.3, 0.4) is 0 Å². The van der Waals surface area contributed by atoms with Gasteiger partial charge in [0.2, 0.25) is 0 Å². The van der Waals surface area contributed by atoms with Crippen molar-refractivity contribution in [2.45, 2.75) is 32.6 Å². The highest BCUT2D eigenvalue weighted by atomic mass is 35.5. The Labute approximate surface area is 157 Å². The minimum Gasteiger partial charge on any atom is -0.337 e. The lowest BCUT2D eigenvalue weighted by atomic mass is 9.89. The Balaban J connectivity index is 1.61. The Morgan fingerprint density at radius 1 is 1.27 bits per heavy atom. The topological polar surface area (TPSA) is 50.5 Å². The number of aryl methyl sites for hydroxylation is 2. The molecule has 26 heavy (non-hydrogen) atoms. The predicted octanol–water partition coefficient (Wildman–Crippen LogP) is 4.02. The number of likely N-dealkylation sites (tertiary alicyclic amines) is 1. The number of hydrogen-bond donors (Lipinski definition) is 0. The Kier molecular flexibility index (Phi) is 4.41. The Morgan fingerprint density at radius 2 is 2.12 bits per heavy atom. The van der Waals surface area contributed by atoms with Crippen LogP contribution in [0.4, 0.5) is 0 Å². The van der Waals surface area contributed by atoms with Crippen molar-refractivity contribution >= 4 is 23.2 Å². The molecule has 134 valence electrons. The van der Waals surface area contributed by atoms with Crippen molar-refractivity contribution in [2.24, 2.45) is 0 Å². The highest BCUT2D eigenvalue weighted by Crippen LogP contribution is 2.29. The molecule has 0 bridgehead atoms. The second-order valence-electron chi connectivity index (χ2n) is 7.07. The maximum Gasteiger partial charge on any atom is 0.276 e. The first kappa shape index (κ1) is 17.0. The van der Waals surface area contributed by atoms with Gasteiger partial charge in [-0.15, -0.1) is 0 Å². The maximum absolute atomic E-state index is 13.1. The third kappa shape index (κ3) is 3.07. The van der Waals surface area contributed by atoms with Crippen LogP contribution in [-0.2, 0) is 0 Å². The Hall–Kier alpha value is -2.40. The van der Waals surface area contributed by atoms with Crippen LogP contribution >= 0.6 is 11.6 Å². The van der Waals surface area contributed by atoms with E-state index in [0.29, 0.717) is 23.1 Å². The van der Waals surface area contributed by atoms with Gasteiger partial charge in [0.25, 0.3) is 5.91 Å². The minimum atomic E-state index is -0.115. The number of hydrogen-bond acceptors (Lipinski definition) is 3. The summed E-state index contributed by atoms with van der Waals surface area (Å²) in [4.78, 5) is 19.2. The van der Waals surface area contributed by atoms with Crippen LogP contribution in [0.2, 0.25) is 5.02 Å². The lowest BCUT2D eigenvalue weighted by Gasteiger charge is -2.32. The molecule has 1 atom stereocenters. The quantitative estimate of drug-likeness (QED) is 0.686. The van der Waals surface area contributed by atoms with E-state index in [1.165, 1.54) is 11.1 Å². The van der Waals surface area contributed by atoms with E-state index in [1.807, 2.05) is 18.0 Å². The molecule has 0 radical (unpaired) electrons. The van der Waals surface area contributed by atoms with Gasteiger partial charge in [0.15, 0.2) is 11.3 Å². The number of rotatable bonds is 2. The summed E-state index contributed by atoms with van der Waals surface area (Å²) in [7, 11) is 0. The van der Waals surface area contributed by atoms with Crippen molar-refractivity contribution in [2.75, 3.05) is 13.1 Å². The summed E-state index contributed by atoms with van der Waals surface area (Å²) >= 11 is 6.40. The molecule has 1 amide bonds. The number of carbonyl (C=O) groups excluding carboxylic acids is 1. The SMILES string of the molecule is Cc1cccc(C2CCCN(C(=O)c3nn4cc(C)cnc4c3Cl)C2)c1. The molecule has 3 aromatic rings. The van der Waals surface area contributed by atoms with Gasteiger partial charge in [0.05, 0.1) is 0 Å². The summed E-state index contributed by atoms with van der Waals surface area (Å²) in [5, 5.41) is 4.72. The largest absolute Gasteiger partial charge is 0.337 e. The molecule has 0 saturated carbocycles. The molecule has 0 aliphatic carbocycles. The molecule has 0 N–H and O–H groups in total. The van der Waals surface area contributed by atoms with Gasteiger partial charge in [-0.2, -0.15) is 5.10 Å². The number of benzene rings is 1. The van der Waals surface area contributed by atoms with Crippen LogP contribution in [0.15, 0.2) is 36.7 Å². The van der Waals surface area contributed by atoms with Crippen molar-refractivity contribution in [1.82, 2.24) is 19.5 Å². The van der Waals surface area contributed by atoms with Gasteiger partial charge in [-0.25, -0.2) is 9.50 Å². The summed E-state index contributed by atoms with van der Waals surface area (Å²) < 4.78 is 1.59. The molecule has 0 spiro atoms. The first-order valence-corrected chi connectivity index (χ1v) is 9.27. The molecule has 4 rings (SSSR count). The number of carbonyl (C=O) groups is 1. The van der Waals surface area contributed by atoms with Crippen molar-refractivity contribution in [3.63, 3.8) is 0 Å². The number of amides is 1. The van der Waals surface area contributed by atoms with Crippen LogP contribution in [0.5, 0.6) is 0 Å². The Bertz CT molecular complexity index is 981. The van der Waals surface area contributed by atoms with E-state index in [0.717, 1.165) is 24.9 Å². The Morgan fingerprint density at radius 3 is 2.92 bits per heavy atom. The van der Waals surface area contributed by atoms with E-state index in [4.69, 9.17) is 11.6 Å². The lowest BCUT2D eigenvalue weighted by Crippen LogP contribution is -2.39. The highest BCUT2D eigenvalue weighted by molar-refractivity contribution is 6.36. The lowest BCUT2D eigenvalue weighted by molar-refractivity contribution is 0.0701. The summed E-state index contributed by atoms with van der Waals surface area (Å²) in [5.41, 5.74) is 4.31. The number of fused-ring (bicyclic) bond motifs is 1. The first-order valence-electron chi connectivity index (χ1n) is 8.89. The number of halogens is 1. The van der Waals surface area contributed by atoms with Crippen LogP contribution in [0.25, 0.3) is 5.65 Å². The molecule has 5 nitrogen and oxygen atoms in total. The second-order valence-corrected chi connectivity index (χ2v) is 7.44. The van der Waals surface area contributed by atoms with E-state index in [9.17, 15) is 4.79 Å². The van der Waals surface area contributed by atoms with E-state index in [-0.39, 0.29) is 11.6 Å². The zero-order valence-corrected chi connectivity index (χ0v) is 15.7. The highest BCUT2D eigenvalue weighted by Gasteiger charge is 2.29. The van der Waals surface area contributed by atoms with E-state index < -0.39 is 0 Å².